The number of nitrogens with zero attached hydrogens (tertiary/aromatic N) is 3. The number of benzene rings is 2. The summed E-state index contributed by atoms with van der Waals surface area (Å²) >= 11 is 1.38. The lowest BCUT2D eigenvalue weighted by Crippen LogP contribution is -2.33. The largest absolute Gasteiger partial charge is 0.349 e. The highest BCUT2D eigenvalue weighted by molar-refractivity contribution is 8.00. The van der Waals surface area contributed by atoms with Crippen molar-refractivity contribution in [3.8, 4) is 0 Å². The van der Waals surface area contributed by atoms with Gasteiger partial charge in [0.25, 0.3) is 0 Å². The minimum absolute atomic E-state index is 0.103. The van der Waals surface area contributed by atoms with Crippen LogP contribution in [0.15, 0.2) is 59.8 Å². The predicted octanol–water partition coefficient (Wildman–Crippen LogP) is 4.13. The number of carbonyl (C=O) groups excluding carboxylic acids is 1. The number of aryl methyl sites for hydroxylation is 1. The Kier molecular flexibility index (Phi) is 6.46. The zero-order chi connectivity index (χ0) is 20.1. The molecule has 1 heterocycles. The van der Waals surface area contributed by atoms with Crippen LogP contribution in [0.25, 0.3) is 0 Å². The molecule has 5 nitrogen and oxygen atoms in total. The van der Waals surface area contributed by atoms with E-state index in [1.165, 1.54) is 23.9 Å². The van der Waals surface area contributed by atoms with Crippen LogP contribution in [0.4, 0.5) is 4.39 Å². The number of aromatic nitrogens is 3. The third kappa shape index (κ3) is 4.98. The molecule has 3 rings (SSSR count). The van der Waals surface area contributed by atoms with Gasteiger partial charge in [-0.1, -0.05) is 54.2 Å². The Bertz CT molecular complexity index is 927. The van der Waals surface area contributed by atoms with Gasteiger partial charge in [-0.25, -0.2) is 4.39 Å². The van der Waals surface area contributed by atoms with E-state index in [2.05, 4.69) is 15.5 Å². The Morgan fingerprint density at radius 3 is 2.46 bits per heavy atom. The summed E-state index contributed by atoms with van der Waals surface area (Å²) in [4.78, 5) is 12.6. The number of thioether (sulfide) groups is 1. The minimum Gasteiger partial charge on any atom is -0.349 e. The van der Waals surface area contributed by atoms with Crippen molar-refractivity contribution in [2.75, 3.05) is 0 Å². The van der Waals surface area contributed by atoms with Crippen LogP contribution in [-0.4, -0.2) is 25.9 Å². The quantitative estimate of drug-likeness (QED) is 0.608. The van der Waals surface area contributed by atoms with E-state index in [1.807, 2.05) is 55.7 Å². The van der Waals surface area contributed by atoms with E-state index < -0.39 is 0 Å². The van der Waals surface area contributed by atoms with Gasteiger partial charge in [-0.3, -0.25) is 4.79 Å². The lowest BCUT2D eigenvalue weighted by atomic mass is 10.1. The van der Waals surface area contributed by atoms with Gasteiger partial charge in [0.05, 0.1) is 17.8 Å². The summed E-state index contributed by atoms with van der Waals surface area (Å²) in [5, 5.41) is 11.7. The first-order chi connectivity index (χ1) is 13.4. The summed E-state index contributed by atoms with van der Waals surface area (Å²) < 4.78 is 15.1. The van der Waals surface area contributed by atoms with Gasteiger partial charge in [0.2, 0.25) is 5.91 Å². The smallest absolute Gasteiger partial charge is 0.233 e. The number of rotatable bonds is 7. The standard InChI is InChI=1S/C21H23FN4OS/c1-14(18-9-11-19(22)12-10-18)23-20(27)15(2)28-21-25-24-16(3)26(21)13-17-7-5-4-6-8-17/h4-12,14-15H,13H2,1-3H3,(H,23,27)/t14-,15-/m0/s1. The molecule has 2 aromatic carbocycles. The molecule has 0 saturated heterocycles. The lowest BCUT2D eigenvalue weighted by molar-refractivity contribution is -0.120. The van der Waals surface area contributed by atoms with Gasteiger partial charge in [0.15, 0.2) is 5.16 Å². The number of nitrogens with one attached hydrogen (secondary N) is 1. The highest BCUT2D eigenvalue weighted by atomic mass is 32.2. The molecule has 0 radical (unpaired) electrons. The zero-order valence-electron chi connectivity index (χ0n) is 16.1. The van der Waals surface area contributed by atoms with Crippen molar-refractivity contribution >= 4 is 17.7 Å². The molecule has 0 aliphatic rings. The van der Waals surface area contributed by atoms with E-state index >= 15 is 0 Å². The second-order valence-electron chi connectivity index (χ2n) is 6.64. The van der Waals surface area contributed by atoms with Crippen LogP contribution in [-0.2, 0) is 11.3 Å². The average molecular weight is 399 g/mol. The number of hydrogen-bond acceptors (Lipinski definition) is 4. The summed E-state index contributed by atoms with van der Waals surface area (Å²) in [5.74, 6) is 0.409. The van der Waals surface area contributed by atoms with Crippen molar-refractivity contribution in [1.82, 2.24) is 20.1 Å². The predicted molar refractivity (Wildman–Crippen MR) is 109 cm³/mol. The van der Waals surface area contributed by atoms with Crippen LogP contribution in [0.2, 0.25) is 0 Å². The van der Waals surface area contributed by atoms with Crippen LogP contribution in [0, 0.1) is 12.7 Å². The maximum atomic E-state index is 13.1. The fourth-order valence-corrected chi connectivity index (χ4v) is 3.68. The summed E-state index contributed by atoms with van der Waals surface area (Å²) in [6.45, 7) is 6.28. The van der Waals surface area contributed by atoms with Gasteiger partial charge >= 0.3 is 0 Å². The van der Waals surface area contributed by atoms with Crippen molar-refractivity contribution < 1.29 is 9.18 Å². The third-order valence-electron chi connectivity index (χ3n) is 4.47. The third-order valence-corrected chi connectivity index (χ3v) is 5.55. The first kappa shape index (κ1) is 20.1. The molecule has 0 unspecified atom stereocenters. The first-order valence-electron chi connectivity index (χ1n) is 9.10. The molecule has 1 aromatic heterocycles. The molecule has 28 heavy (non-hydrogen) atoms. The highest BCUT2D eigenvalue weighted by Crippen LogP contribution is 2.24. The van der Waals surface area contributed by atoms with E-state index in [0.717, 1.165) is 17.0 Å². The fourth-order valence-electron chi connectivity index (χ4n) is 2.77. The SMILES string of the molecule is Cc1nnc(S[C@@H](C)C(=O)N[C@@H](C)c2ccc(F)cc2)n1Cc1ccccc1. The van der Waals surface area contributed by atoms with E-state index in [1.54, 1.807) is 12.1 Å². The number of carbonyl (C=O) groups is 1. The number of amides is 1. The Hall–Kier alpha value is -2.67. The van der Waals surface area contributed by atoms with Gasteiger partial charge in [0.1, 0.15) is 11.6 Å². The molecule has 7 heteroatoms. The van der Waals surface area contributed by atoms with Crippen molar-refractivity contribution in [2.24, 2.45) is 0 Å². The number of halogens is 1. The highest BCUT2D eigenvalue weighted by Gasteiger charge is 2.21. The van der Waals surface area contributed by atoms with E-state index in [9.17, 15) is 9.18 Å². The molecule has 0 aliphatic heterocycles. The van der Waals surface area contributed by atoms with Crippen molar-refractivity contribution in [2.45, 2.75) is 43.8 Å². The summed E-state index contributed by atoms with van der Waals surface area (Å²) in [5.41, 5.74) is 2.00. The Morgan fingerprint density at radius 1 is 1.11 bits per heavy atom. The Balaban J connectivity index is 1.65. The molecule has 0 bridgehead atoms. The van der Waals surface area contributed by atoms with E-state index in [0.29, 0.717) is 11.7 Å². The van der Waals surface area contributed by atoms with Gasteiger partial charge in [-0.15, -0.1) is 10.2 Å². The fraction of sp³-hybridized carbons (Fsp3) is 0.286. The van der Waals surface area contributed by atoms with Crippen molar-refractivity contribution in [3.05, 3.63) is 77.4 Å². The van der Waals surface area contributed by atoms with Crippen LogP contribution in [0.5, 0.6) is 0 Å². The number of hydrogen-bond donors (Lipinski definition) is 1. The van der Waals surface area contributed by atoms with Gasteiger partial charge in [-0.2, -0.15) is 0 Å². The maximum absolute atomic E-state index is 13.1. The molecule has 0 aliphatic carbocycles. The molecular weight excluding hydrogens is 375 g/mol. The van der Waals surface area contributed by atoms with Crippen molar-refractivity contribution in [1.29, 1.82) is 0 Å². The maximum Gasteiger partial charge on any atom is 0.233 e. The lowest BCUT2D eigenvalue weighted by Gasteiger charge is -2.18. The van der Waals surface area contributed by atoms with Gasteiger partial charge in [0, 0.05) is 0 Å². The summed E-state index contributed by atoms with van der Waals surface area (Å²) in [6.07, 6.45) is 0. The van der Waals surface area contributed by atoms with Gasteiger partial charge < -0.3 is 9.88 Å². The summed E-state index contributed by atoms with van der Waals surface area (Å²) in [6, 6.07) is 16.0. The molecule has 1 amide bonds. The second kappa shape index (κ2) is 9.01. The molecule has 1 N–H and O–H groups in total. The second-order valence-corrected chi connectivity index (χ2v) is 7.95. The van der Waals surface area contributed by atoms with Crippen LogP contribution < -0.4 is 5.32 Å². The van der Waals surface area contributed by atoms with Crippen molar-refractivity contribution in [3.63, 3.8) is 0 Å². The molecule has 0 fully saturated rings. The molecule has 146 valence electrons. The van der Waals surface area contributed by atoms with E-state index in [-0.39, 0.29) is 23.0 Å². The Labute approximate surface area is 168 Å². The first-order valence-corrected chi connectivity index (χ1v) is 9.98. The molecular formula is C21H23FN4OS. The molecule has 3 aromatic rings. The molecule has 0 spiro atoms. The molecule has 0 saturated carbocycles. The van der Waals surface area contributed by atoms with E-state index in [4.69, 9.17) is 0 Å². The zero-order valence-corrected chi connectivity index (χ0v) is 16.9. The van der Waals surface area contributed by atoms with Crippen LogP contribution in [0.1, 0.15) is 36.8 Å². The summed E-state index contributed by atoms with van der Waals surface area (Å²) in [7, 11) is 0. The Morgan fingerprint density at radius 2 is 1.79 bits per heavy atom. The molecule has 2 atom stereocenters. The monoisotopic (exact) mass is 398 g/mol. The van der Waals surface area contributed by atoms with Crippen LogP contribution in [0.3, 0.4) is 0 Å². The minimum atomic E-state index is -0.346. The normalized spacial score (nSPS) is 13.1. The van der Waals surface area contributed by atoms with Gasteiger partial charge in [-0.05, 0) is 44.0 Å². The average Bonchev–Trinajstić information content (AvgIpc) is 3.02. The topological polar surface area (TPSA) is 59.8 Å². The van der Waals surface area contributed by atoms with Crippen LogP contribution >= 0.6 is 11.8 Å².